The van der Waals surface area contributed by atoms with E-state index < -0.39 is 17.8 Å². The lowest BCUT2D eigenvalue weighted by molar-refractivity contribution is -0.137. The molecule has 0 spiro atoms. The van der Waals surface area contributed by atoms with Crippen molar-refractivity contribution >= 4 is 21.6 Å². The maximum atomic E-state index is 12.9. The molecule has 0 aliphatic carbocycles. The van der Waals surface area contributed by atoms with Gasteiger partial charge in [-0.2, -0.15) is 13.2 Å². The van der Waals surface area contributed by atoms with Crippen LogP contribution in [0, 0.1) is 0 Å². The Bertz CT molecular complexity index is 426. The summed E-state index contributed by atoms with van der Waals surface area (Å²) in [6.45, 7) is 0.126. The van der Waals surface area contributed by atoms with Crippen LogP contribution in [0.3, 0.4) is 0 Å². The average molecular weight is 342 g/mol. The van der Waals surface area contributed by atoms with E-state index in [0.717, 1.165) is 6.07 Å². The summed E-state index contributed by atoms with van der Waals surface area (Å²) in [5.41, 5.74) is -0.722. The Kier molecular flexibility index (Phi) is 5.64. The molecule has 1 rings (SSSR count). The molecule has 0 saturated heterocycles. The van der Waals surface area contributed by atoms with Gasteiger partial charge in [-0.3, -0.25) is 0 Å². The summed E-state index contributed by atoms with van der Waals surface area (Å²) in [4.78, 5) is 1.36. The highest BCUT2D eigenvalue weighted by molar-refractivity contribution is 9.10. The van der Waals surface area contributed by atoms with Crippen molar-refractivity contribution < 1.29 is 23.0 Å². The molecular formula is C12H15BrF3NO2. The Labute approximate surface area is 118 Å². The van der Waals surface area contributed by atoms with Crippen LogP contribution in [0.15, 0.2) is 22.7 Å². The van der Waals surface area contributed by atoms with Crippen molar-refractivity contribution in [3.05, 3.63) is 28.2 Å². The standard InChI is InChI=1S/C12H15BrF3NO2/c1-17(6-9(18)7-19-2)11-4-3-8(13)5-10(11)12(14,15)16/h3-5,9,18H,6-7H2,1-2H3. The Morgan fingerprint density at radius 2 is 2.05 bits per heavy atom. The van der Waals surface area contributed by atoms with Crippen molar-refractivity contribution in [3.8, 4) is 0 Å². The molecule has 0 aliphatic rings. The minimum absolute atomic E-state index is 0.0193. The number of benzene rings is 1. The van der Waals surface area contributed by atoms with Crippen LogP contribution in [-0.2, 0) is 10.9 Å². The number of likely N-dealkylation sites (N-methyl/N-ethyl adjacent to an activating group) is 1. The van der Waals surface area contributed by atoms with Gasteiger partial charge in [-0.15, -0.1) is 0 Å². The van der Waals surface area contributed by atoms with Gasteiger partial charge in [-0.05, 0) is 18.2 Å². The summed E-state index contributed by atoms with van der Waals surface area (Å²) in [6, 6.07) is 3.92. The Morgan fingerprint density at radius 1 is 1.42 bits per heavy atom. The number of aliphatic hydroxyl groups is 1. The van der Waals surface area contributed by atoms with Gasteiger partial charge in [0, 0.05) is 30.9 Å². The fourth-order valence-electron chi connectivity index (χ4n) is 1.73. The van der Waals surface area contributed by atoms with Crippen molar-refractivity contribution in [1.82, 2.24) is 0 Å². The van der Waals surface area contributed by atoms with Crippen molar-refractivity contribution in [2.24, 2.45) is 0 Å². The summed E-state index contributed by atoms with van der Waals surface area (Å²) >= 11 is 3.03. The summed E-state index contributed by atoms with van der Waals surface area (Å²) in [5, 5.41) is 9.57. The fraction of sp³-hybridized carbons (Fsp3) is 0.500. The SMILES string of the molecule is COCC(O)CN(C)c1ccc(Br)cc1C(F)(F)F. The van der Waals surface area contributed by atoms with Crippen LogP contribution in [0.4, 0.5) is 18.9 Å². The largest absolute Gasteiger partial charge is 0.418 e. The van der Waals surface area contributed by atoms with Gasteiger partial charge in [0.25, 0.3) is 0 Å². The maximum absolute atomic E-state index is 12.9. The highest BCUT2D eigenvalue weighted by Crippen LogP contribution is 2.37. The Morgan fingerprint density at radius 3 is 2.58 bits per heavy atom. The van der Waals surface area contributed by atoms with Gasteiger partial charge in [0.2, 0.25) is 0 Å². The van der Waals surface area contributed by atoms with Gasteiger partial charge in [-0.25, -0.2) is 0 Å². The second kappa shape index (κ2) is 6.58. The first-order chi connectivity index (χ1) is 8.75. The summed E-state index contributed by atoms with van der Waals surface area (Å²) in [6.07, 6.45) is -5.29. The van der Waals surface area contributed by atoms with E-state index >= 15 is 0 Å². The van der Waals surface area contributed by atoms with E-state index in [1.54, 1.807) is 0 Å². The molecule has 1 N–H and O–H groups in total. The molecule has 0 radical (unpaired) electrons. The molecule has 3 nitrogen and oxygen atoms in total. The smallest absolute Gasteiger partial charge is 0.389 e. The lowest BCUT2D eigenvalue weighted by atomic mass is 10.1. The summed E-state index contributed by atoms with van der Waals surface area (Å²) < 4.78 is 43.9. The number of ether oxygens (including phenoxy) is 1. The van der Waals surface area contributed by atoms with Crippen LogP contribution in [0.1, 0.15) is 5.56 Å². The quantitative estimate of drug-likeness (QED) is 0.893. The van der Waals surface area contributed by atoms with Crippen molar-refractivity contribution in [2.75, 3.05) is 32.2 Å². The molecular weight excluding hydrogens is 327 g/mol. The van der Waals surface area contributed by atoms with Crippen LogP contribution >= 0.6 is 15.9 Å². The second-order valence-corrected chi connectivity index (χ2v) is 5.06. The molecule has 1 atom stereocenters. The monoisotopic (exact) mass is 341 g/mol. The van der Waals surface area contributed by atoms with E-state index in [9.17, 15) is 18.3 Å². The van der Waals surface area contributed by atoms with E-state index in [1.807, 2.05) is 0 Å². The van der Waals surface area contributed by atoms with Crippen LogP contribution in [-0.4, -0.2) is 38.5 Å². The Hall–Kier alpha value is -0.790. The van der Waals surface area contributed by atoms with E-state index in [2.05, 4.69) is 15.9 Å². The van der Waals surface area contributed by atoms with Gasteiger partial charge in [-0.1, -0.05) is 15.9 Å². The first-order valence-electron chi connectivity index (χ1n) is 5.50. The topological polar surface area (TPSA) is 32.7 Å². The van der Waals surface area contributed by atoms with Crippen molar-refractivity contribution in [3.63, 3.8) is 0 Å². The molecule has 19 heavy (non-hydrogen) atoms. The van der Waals surface area contributed by atoms with Crippen LogP contribution in [0.2, 0.25) is 0 Å². The Balaban J connectivity index is 2.99. The minimum atomic E-state index is -4.44. The highest BCUT2D eigenvalue weighted by Gasteiger charge is 2.34. The molecule has 0 heterocycles. The number of anilines is 1. The van der Waals surface area contributed by atoms with E-state index in [0.29, 0.717) is 4.47 Å². The number of rotatable bonds is 5. The number of hydrogen-bond donors (Lipinski definition) is 1. The van der Waals surface area contributed by atoms with E-state index in [-0.39, 0.29) is 18.8 Å². The molecule has 0 amide bonds. The lowest BCUT2D eigenvalue weighted by Crippen LogP contribution is -2.33. The second-order valence-electron chi connectivity index (χ2n) is 4.15. The predicted octanol–water partition coefficient (Wildman–Crippen LogP) is 2.91. The van der Waals surface area contributed by atoms with Gasteiger partial charge >= 0.3 is 6.18 Å². The third-order valence-corrected chi connectivity index (χ3v) is 3.01. The van der Waals surface area contributed by atoms with Crippen molar-refractivity contribution in [2.45, 2.75) is 12.3 Å². The third kappa shape index (κ3) is 4.67. The highest BCUT2D eigenvalue weighted by atomic mass is 79.9. The number of alkyl halides is 3. The van der Waals surface area contributed by atoms with Crippen LogP contribution in [0.5, 0.6) is 0 Å². The first-order valence-corrected chi connectivity index (χ1v) is 6.30. The minimum Gasteiger partial charge on any atom is -0.389 e. The summed E-state index contributed by atoms with van der Waals surface area (Å²) in [7, 11) is 2.92. The fourth-order valence-corrected chi connectivity index (χ4v) is 2.09. The molecule has 108 valence electrons. The lowest BCUT2D eigenvalue weighted by Gasteiger charge is -2.25. The maximum Gasteiger partial charge on any atom is 0.418 e. The summed E-state index contributed by atoms with van der Waals surface area (Å²) in [5.74, 6) is 0. The molecule has 0 fully saturated rings. The van der Waals surface area contributed by atoms with Crippen LogP contribution < -0.4 is 4.90 Å². The molecule has 0 aromatic heterocycles. The number of halogens is 4. The number of hydrogen-bond acceptors (Lipinski definition) is 3. The average Bonchev–Trinajstić information content (AvgIpc) is 2.27. The number of aliphatic hydroxyl groups excluding tert-OH is 1. The van der Waals surface area contributed by atoms with Gasteiger partial charge in [0.15, 0.2) is 0 Å². The molecule has 0 bridgehead atoms. The van der Waals surface area contributed by atoms with Crippen molar-refractivity contribution in [1.29, 1.82) is 0 Å². The zero-order valence-electron chi connectivity index (χ0n) is 10.5. The van der Waals surface area contributed by atoms with Gasteiger partial charge in [0.05, 0.1) is 18.3 Å². The molecule has 1 aromatic carbocycles. The van der Waals surface area contributed by atoms with Gasteiger partial charge < -0.3 is 14.7 Å². The molecule has 0 saturated carbocycles. The number of methoxy groups -OCH3 is 1. The molecule has 7 heteroatoms. The zero-order chi connectivity index (χ0) is 14.6. The van der Waals surface area contributed by atoms with Gasteiger partial charge in [0.1, 0.15) is 0 Å². The predicted molar refractivity (Wildman–Crippen MR) is 70.3 cm³/mol. The van der Waals surface area contributed by atoms with Crippen LogP contribution in [0.25, 0.3) is 0 Å². The number of nitrogens with zero attached hydrogens (tertiary/aromatic N) is 1. The first kappa shape index (κ1) is 16.3. The molecule has 1 aromatic rings. The normalized spacial score (nSPS) is 13.4. The zero-order valence-corrected chi connectivity index (χ0v) is 12.1. The van der Waals surface area contributed by atoms with E-state index in [1.165, 1.54) is 31.2 Å². The molecule has 1 unspecified atom stereocenters. The third-order valence-electron chi connectivity index (χ3n) is 2.52. The molecule has 0 aliphatic heterocycles. The van der Waals surface area contributed by atoms with E-state index in [4.69, 9.17) is 4.74 Å².